The zero-order valence-corrected chi connectivity index (χ0v) is 18.6. The third-order valence-electron chi connectivity index (χ3n) is 6.05. The van der Waals surface area contributed by atoms with Gasteiger partial charge >= 0.3 is 6.03 Å². The lowest BCUT2D eigenvalue weighted by Crippen LogP contribution is -2.44. The molecule has 1 saturated heterocycles. The van der Waals surface area contributed by atoms with Gasteiger partial charge in [-0.3, -0.25) is 9.78 Å². The normalized spacial score (nSPS) is 16.4. The molecule has 2 amide bonds. The molecule has 0 saturated carbocycles. The fraction of sp³-hybridized carbons (Fsp3) is 0.417. The molecule has 4 rings (SSSR count). The van der Waals surface area contributed by atoms with Gasteiger partial charge in [0.05, 0.1) is 11.3 Å². The lowest BCUT2D eigenvalue weighted by Gasteiger charge is -2.32. The molecule has 0 atom stereocenters. The molecule has 0 aliphatic carbocycles. The van der Waals surface area contributed by atoms with E-state index in [0.717, 1.165) is 49.2 Å². The third-order valence-corrected chi connectivity index (χ3v) is 6.05. The molecule has 4 heterocycles. The molecule has 2 N–H and O–H groups in total. The first-order valence-corrected chi connectivity index (χ1v) is 11.0. The lowest BCUT2D eigenvalue weighted by molar-refractivity contribution is -0.113. The molecule has 1 fully saturated rings. The minimum absolute atomic E-state index is 0.0282. The molecule has 0 radical (unpaired) electrons. The summed E-state index contributed by atoms with van der Waals surface area (Å²) in [7, 11) is 0. The Morgan fingerprint density at radius 3 is 2.53 bits per heavy atom. The maximum absolute atomic E-state index is 12.7. The van der Waals surface area contributed by atoms with Crippen molar-refractivity contribution in [3.63, 3.8) is 0 Å². The van der Waals surface area contributed by atoms with E-state index in [-0.39, 0.29) is 18.4 Å². The summed E-state index contributed by atoms with van der Waals surface area (Å²) >= 11 is 0. The number of carbonyl (C=O) groups is 2. The van der Waals surface area contributed by atoms with E-state index in [0.29, 0.717) is 35.8 Å². The summed E-state index contributed by atoms with van der Waals surface area (Å²) in [5.74, 6) is 0.286. The van der Waals surface area contributed by atoms with E-state index in [1.165, 1.54) is 6.92 Å². The average molecular weight is 436 g/mol. The number of carbonyl (C=O) groups excluding carboxylic acids is 2. The second kappa shape index (κ2) is 9.38. The van der Waals surface area contributed by atoms with Crippen LogP contribution in [0.25, 0.3) is 5.70 Å². The summed E-state index contributed by atoms with van der Waals surface area (Å²) in [5.41, 5.74) is 10.7. The fourth-order valence-electron chi connectivity index (χ4n) is 4.09. The molecule has 2 aliphatic heterocycles. The van der Waals surface area contributed by atoms with Crippen LogP contribution in [0.2, 0.25) is 0 Å². The first kappa shape index (κ1) is 21.8. The predicted molar refractivity (Wildman–Crippen MR) is 121 cm³/mol. The fourth-order valence-corrected chi connectivity index (χ4v) is 4.09. The van der Waals surface area contributed by atoms with Gasteiger partial charge < -0.3 is 20.3 Å². The first-order valence-electron chi connectivity index (χ1n) is 11.0. The SMILES string of the molecule is CC(=O)/C(COc1cc2c(cn1)CN(C(=O)N1CCCC1)CC2)=C(\N)c1ccc(C)nc1. The second-order valence-corrected chi connectivity index (χ2v) is 8.36. The highest BCUT2D eigenvalue weighted by atomic mass is 16.5. The maximum Gasteiger partial charge on any atom is 0.320 e. The largest absolute Gasteiger partial charge is 0.473 e. The van der Waals surface area contributed by atoms with Crippen molar-refractivity contribution in [3.05, 3.63) is 58.6 Å². The summed E-state index contributed by atoms with van der Waals surface area (Å²) < 4.78 is 5.84. The van der Waals surface area contributed by atoms with Crippen LogP contribution in [0.1, 0.15) is 42.1 Å². The highest BCUT2D eigenvalue weighted by Gasteiger charge is 2.27. The number of nitrogens with zero attached hydrogens (tertiary/aromatic N) is 4. The van der Waals surface area contributed by atoms with Gasteiger partial charge in [-0.15, -0.1) is 0 Å². The number of nitrogens with two attached hydrogens (primary N) is 1. The quantitative estimate of drug-likeness (QED) is 0.725. The molecular formula is C24H29N5O3. The number of ether oxygens (including phenoxy) is 1. The van der Waals surface area contributed by atoms with E-state index in [1.54, 1.807) is 12.4 Å². The van der Waals surface area contributed by atoms with Crippen LogP contribution < -0.4 is 10.5 Å². The third kappa shape index (κ3) is 4.74. The number of aromatic nitrogens is 2. The molecule has 2 aliphatic rings. The van der Waals surface area contributed by atoms with Gasteiger partial charge in [-0.1, -0.05) is 0 Å². The van der Waals surface area contributed by atoms with Crippen LogP contribution in [0.15, 0.2) is 36.2 Å². The second-order valence-electron chi connectivity index (χ2n) is 8.36. The molecule has 0 spiro atoms. The smallest absolute Gasteiger partial charge is 0.320 e. The molecule has 8 nitrogen and oxygen atoms in total. The Bertz CT molecular complexity index is 1040. The first-order chi connectivity index (χ1) is 15.4. The number of hydrogen-bond acceptors (Lipinski definition) is 6. The summed E-state index contributed by atoms with van der Waals surface area (Å²) in [6.45, 7) is 6.32. The van der Waals surface area contributed by atoms with Gasteiger partial charge in [-0.2, -0.15) is 0 Å². The minimum Gasteiger partial charge on any atom is -0.473 e. The number of urea groups is 1. The van der Waals surface area contributed by atoms with E-state index in [1.807, 2.05) is 34.9 Å². The number of Topliss-reactive ketones (excluding diaryl/α,β-unsaturated/α-hetero) is 1. The Balaban J connectivity index is 1.44. The molecular weight excluding hydrogens is 406 g/mol. The molecule has 0 bridgehead atoms. The molecule has 2 aromatic heterocycles. The van der Waals surface area contributed by atoms with Crippen molar-refractivity contribution in [1.29, 1.82) is 0 Å². The van der Waals surface area contributed by atoms with Crippen LogP contribution in [0.3, 0.4) is 0 Å². The number of hydrogen-bond donors (Lipinski definition) is 1. The van der Waals surface area contributed by atoms with Crippen molar-refractivity contribution in [2.75, 3.05) is 26.2 Å². The van der Waals surface area contributed by atoms with Gasteiger partial charge in [0.2, 0.25) is 5.88 Å². The Morgan fingerprint density at radius 2 is 1.84 bits per heavy atom. The number of rotatable bonds is 5. The minimum atomic E-state index is -0.155. The summed E-state index contributed by atoms with van der Waals surface area (Å²) in [6, 6.07) is 5.70. The van der Waals surface area contributed by atoms with Crippen LogP contribution >= 0.6 is 0 Å². The lowest BCUT2D eigenvalue weighted by atomic mass is 10.0. The topological polar surface area (TPSA) is 102 Å². The van der Waals surface area contributed by atoms with Crippen LogP contribution in [-0.4, -0.2) is 57.8 Å². The van der Waals surface area contributed by atoms with Gasteiger partial charge in [-0.25, -0.2) is 9.78 Å². The zero-order chi connectivity index (χ0) is 22.7. The summed E-state index contributed by atoms with van der Waals surface area (Å²) in [6.07, 6.45) is 6.33. The summed E-state index contributed by atoms with van der Waals surface area (Å²) in [5, 5.41) is 0. The van der Waals surface area contributed by atoms with Gasteiger partial charge in [0.25, 0.3) is 0 Å². The standard InChI is InChI=1S/C24H29N5O3/c1-16-5-6-19(12-26-16)23(25)21(17(2)30)15-32-22-11-18-7-10-29(14-20(18)13-27-22)24(31)28-8-3-4-9-28/h5-6,11-13H,3-4,7-10,14-15,25H2,1-2H3/b23-21-. The zero-order valence-electron chi connectivity index (χ0n) is 18.6. The van der Waals surface area contributed by atoms with E-state index in [2.05, 4.69) is 9.97 Å². The molecule has 32 heavy (non-hydrogen) atoms. The van der Waals surface area contributed by atoms with Crippen LogP contribution in [-0.2, 0) is 17.8 Å². The van der Waals surface area contributed by atoms with Crippen molar-refractivity contribution >= 4 is 17.5 Å². The Hall–Kier alpha value is -3.42. The van der Waals surface area contributed by atoms with E-state index in [4.69, 9.17) is 10.5 Å². The van der Waals surface area contributed by atoms with E-state index in [9.17, 15) is 9.59 Å². The van der Waals surface area contributed by atoms with Crippen LogP contribution in [0, 0.1) is 6.92 Å². The Kier molecular flexibility index (Phi) is 6.39. The van der Waals surface area contributed by atoms with Crippen molar-refractivity contribution in [2.45, 2.75) is 39.7 Å². The monoisotopic (exact) mass is 435 g/mol. The Morgan fingerprint density at radius 1 is 1.06 bits per heavy atom. The maximum atomic E-state index is 12.7. The number of pyridine rings is 2. The predicted octanol–water partition coefficient (Wildman–Crippen LogP) is 2.70. The van der Waals surface area contributed by atoms with Crippen molar-refractivity contribution in [2.24, 2.45) is 5.73 Å². The van der Waals surface area contributed by atoms with Gasteiger partial charge in [0.1, 0.15) is 6.61 Å². The molecule has 0 unspecified atom stereocenters. The number of likely N-dealkylation sites (tertiary alicyclic amines) is 1. The van der Waals surface area contributed by atoms with Gasteiger partial charge in [0.15, 0.2) is 5.78 Å². The van der Waals surface area contributed by atoms with Crippen molar-refractivity contribution in [1.82, 2.24) is 19.8 Å². The molecule has 2 aromatic rings. The number of aryl methyl sites for hydroxylation is 1. The summed E-state index contributed by atoms with van der Waals surface area (Å²) in [4.78, 5) is 37.3. The van der Waals surface area contributed by atoms with E-state index < -0.39 is 0 Å². The number of fused-ring (bicyclic) bond motifs is 1. The van der Waals surface area contributed by atoms with E-state index >= 15 is 0 Å². The number of ketones is 1. The molecule has 8 heteroatoms. The van der Waals surface area contributed by atoms with Gasteiger partial charge in [-0.05, 0) is 56.4 Å². The highest BCUT2D eigenvalue weighted by Crippen LogP contribution is 2.24. The molecule has 0 aromatic carbocycles. The average Bonchev–Trinajstić information content (AvgIpc) is 3.33. The molecule has 168 valence electrons. The van der Waals surface area contributed by atoms with Crippen molar-refractivity contribution < 1.29 is 14.3 Å². The van der Waals surface area contributed by atoms with Crippen LogP contribution in [0.4, 0.5) is 4.79 Å². The van der Waals surface area contributed by atoms with Crippen molar-refractivity contribution in [3.8, 4) is 5.88 Å². The van der Waals surface area contributed by atoms with Crippen LogP contribution in [0.5, 0.6) is 5.88 Å². The van der Waals surface area contributed by atoms with Gasteiger partial charge in [0, 0.05) is 55.9 Å². The highest BCUT2D eigenvalue weighted by molar-refractivity contribution is 6.00. The Labute approximate surface area is 188 Å². The number of amides is 2.